The fraction of sp³-hybridized carbons (Fsp3) is 0.130. The summed E-state index contributed by atoms with van der Waals surface area (Å²) in [5, 5.41) is 5.86. The molecule has 0 aliphatic carbocycles. The molecule has 0 bridgehead atoms. The number of hydrogen-bond donors (Lipinski definition) is 2. The number of ether oxygens (including phenoxy) is 1. The number of benzene rings is 2. The van der Waals surface area contributed by atoms with Crippen LogP contribution < -0.4 is 20.3 Å². The molecule has 1 aliphatic heterocycles. The molecule has 0 radical (unpaired) electrons. The summed E-state index contributed by atoms with van der Waals surface area (Å²) in [6.45, 7) is 2.12. The highest BCUT2D eigenvalue weighted by Gasteiger charge is 2.18. The summed E-state index contributed by atoms with van der Waals surface area (Å²) < 4.78 is 32.1. The van der Waals surface area contributed by atoms with Gasteiger partial charge in [0.05, 0.1) is 23.0 Å². The topological polar surface area (TPSA) is 92.3 Å². The molecule has 5 rings (SSSR count). The quantitative estimate of drug-likeness (QED) is 0.377. The molecule has 172 valence electrons. The van der Waals surface area contributed by atoms with E-state index < -0.39 is 17.7 Å². The normalized spacial score (nSPS) is 12.7. The van der Waals surface area contributed by atoms with Gasteiger partial charge in [0, 0.05) is 31.0 Å². The van der Waals surface area contributed by atoms with Crippen molar-refractivity contribution >= 4 is 33.9 Å². The Morgan fingerprint density at radius 2 is 1.59 bits per heavy atom. The van der Waals surface area contributed by atoms with Crippen LogP contribution in [0.25, 0.3) is 10.4 Å². The molecule has 34 heavy (non-hydrogen) atoms. The molecular formula is C23H18F2N6O2S. The summed E-state index contributed by atoms with van der Waals surface area (Å²) >= 11 is 1.66. The van der Waals surface area contributed by atoms with Crippen LogP contribution in [0.4, 0.5) is 30.1 Å². The van der Waals surface area contributed by atoms with Crippen LogP contribution in [0.1, 0.15) is 6.42 Å². The lowest BCUT2D eigenvalue weighted by molar-refractivity contribution is 0.262. The average molecular weight is 481 g/mol. The molecule has 1 fully saturated rings. The van der Waals surface area contributed by atoms with Gasteiger partial charge in [-0.15, -0.1) is 0 Å². The van der Waals surface area contributed by atoms with Gasteiger partial charge >= 0.3 is 12.0 Å². The molecule has 2 N–H and O–H groups in total. The predicted molar refractivity (Wildman–Crippen MR) is 125 cm³/mol. The Balaban J connectivity index is 1.17. The van der Waals surface area contributed by atoms with Crippen LogP contribution in [-0.4, -0.2) is 34.1 Å². The second-order valence-corrected chi connectivity index (χ2v) is 8.47. The summed E-state index contributed by atoms with van der Waals surface area (Å²) in [6, 6.07) is 9.65. The monoisotopic (exact) mass is 480 g/mol. The number of halogens is 2. The van der Waals surface area contributed by atoms with Crippen LogP contribution in [-0.2, 0) is 0 Å². The Bertz CT molecular complexity index is 1290. The van der Waals surface area contributed by atoms with Crippen LogP contribution in [0.2, 0.25) is 0 Å². The number of amides is 2. The zero-order chi connectivity index (χ0) is 23.5. The lowest BCUT2D eigenvalue weighted by Gasteiger charge is -2.30. The summed E-state index contributed by atoms with van der Waals surface area (Å²) in [7, 11) is 0. The lowest BCUT2D eigenvalue weighted by atomic mass is 10.2. The van der Waals surface area contributed by atoms with Gasteiger partial charge in [-0.25, -0.2) is 28.5 Å². The Labute approximate surface area is 197 Å². The van der Waals surface area contributed by atoms with E-state index in [-0.39, 0.29) is 17.4 Å². The molecule has 1 saturated heterocycles. The van der Waals surface area contributed by atoms with Gasteiger partial charge in [-0.3, -0.25) is 0 Å². The zero-order valence-corrected chi connectivity index (χ0v) is 18.5. The summed E-state index contributed by atoms with van der Waals surface area (Å²) in [5.41, 5.74) is 1.30. The Hall–Kier alpha value is -4.12. The smallest absolute Gasteiger partial charge is 0.323 e. The molecular weight excluding hydrogens is 462 g/mol. The van der Waals surface area contributed by atoms with E-state index in [2.05, 4.69) is 30.5 Å². The number of rotatable bonds is 6. The van der Waals surface area contributed by atoms with Crippen molar-refractivity contribution in [3.8, 4) is 22.2 Å². The minimum absolute atomic E-state index is 0.0191. The van der Waals surface area contributed by atoms with E-state index >= 15 is 0 Å². The molecule has 11 heteroatoms. The molecule has 0 spiro atoms. The van der Waals surface area contributed by atoms with E-state index in [1.54, 1.807) is 11.3 Å². The Morgan fingerprint density at radius 1 is 0.912 bits per heavy atom. The first-order valence-corrected chi connectivity index (χ1v) is 11.2. The van der Waals surface area contributed by atoms with Gasteiger partial charge in [0.1, 0.15) is 17.4 Å². The van der Waals surface area contributed by atoms with Crippen molar-refractivity contribution in [3.05, 3.63) is 72.7 Å². The summed E-state index contributed by atoms with van der Waals surface area (Å²) in [5.74, 6) is -1.03. The van der Waals surface area contributed by atoms with Crippen LogP contribution in [0.5, 0.6) is 11.8 Å². The zero-order valence-electron chi connectivity index (χ0n) is 17.7. The number of thiazole rings is 1. The maximum Gasteiger partial charge on any atom is 0.323 e. The van der Waals surface area contributed by atoms with Crippen LogP contribution in [0.3, 0.4) is 0 Å². The molecule has 0 saturated carbocycles. The SMILES string of the molecule is O=C(Nc1cnc(Oc2ccc(-c3cnc(N4CCC4)s3)cc2)nc1)Nc1cc(F)cc(F)c1. The highest BCUT2D eigenvalue weighted by Crippen LogP contribution is 2.34. The second kappa shape index (κ2) is 9.40. The first kappa shape index (κ1) is 21.7. The van der Waals surface area contributed by atoms with Crippen LogP contribution in [0.15, 0.2) is 61.1 Å². The number of nitrogens with zero attached hydrogens (tertiary/aromatic N) is 4. The third-order valence-electron chi connectivity index (χ3n) is 4.97. The number of urea groups is 1. The van der Waals surface area contributed by atoms with Gasteiger partial charge in [-0.1, -0.05) is 11.3 Å². The first-order chi connectivity index (χ1) is 16.5. The van der Waals surface area contributed by atoms with Crippen LogP contribution >= 0.6 is 11.3 Å². The van der Waals surface area contributed by atoms with Crippen molar-refractivity contribution in [2.24, 2.45) is 0 Å². The second-order valence-electron chi connectivity index (χ2n) is 7.47. The molecule has 2 amide bonds. The number of aromatic nitrogens is 3. The minimum atomic E-state index is -0.795. The predicted octanol–water partition coefficient (Wildman–Crippen LogP) is 5.52. The van der Waals surface area contributed by atoms with Crippen LogP contribution in [0, 0.1) is 11.6 Å². The highest BCUT2D eigenvalue weighted by atomic mass is 32.1. The average Bonchev–Trinajstić information content (AvgIpc) is 3.23. The van der Waals surface area contributed by atoms with Crippen molar-refractivity contribution < 1.29 is 18.3 Å². The van der Waals surface area contributed by atoms with Gasteiger partial charge in [-0.2, -0.15) is 0 Å². The third-order valence-corrected chi connectivity index (χ3v) is 6.08. The standard InChI is InChI=1S/C23H18F2N6O2S/c24-15-8-16(25)10-17(9-15)29-21(32)30-18-11-26-22(27-12-18)33-19-4-2-14(3-5-19)20-13-28-23(34-20)31-6-1-7-31/h2-5,8-13H,1,6-7H2,(H2,29,30,32). The Morgan fingerprint density at radius 3 is 2.24 bits per heavy atom. The van der Waals surface area contributed by atoms with Crippen molar-refractivity contribution in [2.45, 2.75) is 6.42 Å². The van der Waals surface area contributed by atoms with Crippen molar-refractivity contribution in [2.75, 3.05) is 28.6 Å². The van der Waals surface area contributed by atoms with Gasteiger partial charge in [0.25, 0.3) is 0 Å². The molecule has 0 unspecified atom stereocenters. The van der Waals surface area contributed by atoms with Gasteiger partial charge in [0.2, 0.25) is 0 Å². The molecule has 8 nitrogen and oxygen atoms in total. The number of carbonyl (C=O) groups excluding carboxylic acids is 1. The third kappa shape index (κ3) is 5.09. The highest BCUT2D eigenvalue weighted by molar-refractivity contribution is 7.18. The molecule has 4 aromatic rings. The maximum absolute atomic E-state index is 13.2. The number of hydrogen-bond acceptors (Lipinski definition) is 7. The largest absolute Gasteiger partial charge is 0.424 e. The van der Waals surface area contributed by atoms with Crippen molar-refractivity contribution in [1.29, 1.82) is 0 Å². The van der Waals surface area contributed by atoms with E-state index in [9.17, 15) is 13.6 Å². The molecule has 2 aromatic carbocycles. The fourth-order valence-electron chi connectivity index (χ4n) is 3.20. The first-order valence-electron chi connectivity index (χ1n) is 10.4. The lowest BCUT2D eigenvalue weighted by Crippen LogP contribution is -2.36. The molecule has 1 aliphatic rings. The van der Waals surface area contributed by atoms with E-state index in [4.69, 9.17) is 4.74 Å². The summed E-state index contributed by atoms with van der Waals surface area (Å²) in [4.78, 5) is 28.0. The fourth-order valence-corrected chi connectivity index (χ4v) is 4.17. The van der Waals surface area contributed by atoms with Crippen molar-refractivity contribution in [3.63, 3.8) is 0 Å². The summed E-state index contributed by atoms with van der Waals surface area (Å²) in [6.07, 6.45) is 5.81. The molecule has 2 aromatic heterocycles. The molecule has 3 heterocycles. The maximum atomic E-state index is 13.2. The van der Waals surface area contributed by atoms with Gasteiger partial charge in [0.15, 0.2) is 5.13 Å². The van der Waals surface area contributed by atoms with E-state index in [0.29, 0.717) is 11.8 Å². The van der Waals surface area contributed by atoms with Gasteiger partial charge < -0.3 is 20.3 Å². The van der Waals surface area contributed by atoms with E-state index in [1.807, 2.05) is 30.5 Å². The minimum Gasteiger partial charge on any atom is -0.424 e. The number of carbonyl (C=O) groups is 1. The van der Waals surface area contributed by atoms with E-state index in [1.165, 1.54) is 18.8 Å². The van der Waals surface area contributed by atoms with Crippen molar-refractivity contribution in [1.82, 2.24) is 15.0 Å². The number of anilines is 3. The van der Waals surface area contributed by atoms with Gasteiger partial charge in [-0.05, 0) is 48.4 Å². The Kier molecular flexibility index (Phi) is 6.00. The number of nitrogens with one attached hydrogen (secondary N) is 2. The molecule has 0 atom stereocenters. The van der Waals surface area contributed by atoms with E-state index in [0.717, 1.165) is 40.8 Å².